The van der Waals surface area contributed by atoms with Crippen molar-refractivity contribution < 1.29 is 0 Å². The molecule has 1 fully saturated rings. The Hall–Kier alpha value is -2.00. The van der Waals surface area contributed by atoms with E-state index < -0.39 is 0 Å². The van der Waals surface area contributed by atoms with Crippen LogP contribution < -0.4 is 0 Å². The summed E-state index contributed by atoms with van der Waals surface area (Å²) in [5.74, 6) is 8.37. The van der Waals surface area contributed by atoms with Crippen LogP contribution in [0.15, 0.2) is 48.5 Å². The van der Waals surface area contributed by atoms with Crippen molar-refractivity contribution in [2.24, 2.45) is 5.92 Å². The third-order valence-corrected chi connectivity index (χ3v) is 7.94. The highest BCUT2D eigenvalue weighted by atomic mass is 14.2. The van der Waals surface area contributed by atoms with Crippen molar-refractivity contribution in [3.63, 3.8) is 0 Å². The number of aryl methyl sites for hydroxylation is 2. The maximum Gasteiger partial charge on any atom is 0.0245 e. The summed E-state index contributed by atoms with van der Waals surface area (Å²) in [6, 6.07) is 18.6. The summed E-state index contributed by atoms with van der Waals surface area (Å²) >= 11 is 0. The standard InChI is InChI=1S/C35H50/c1-3-5-7-9-11-13-14-30-16-18-32(19-17-30)20-21-33-24-28-35(29-25-33)34-26-22-31(23-27-34)15-12-10-8-6-4-2/h16-19,22-23,26-27,33,35H,3-15,24-25,28-29H2,1-2H3. The molecule has 0 radical (unpaired) electrons. The summed E-state index contributed by atoms with van der Waals surface area (Å²) in [4.78, 5) is 0. The van der Waals surface area contributed by atoms with Crippen molar-refractivity contribution in [1.29, 1.82) is 0 Å². The van der Waals surface area contributed by atoms with Crippen LogP contribution in [-0.2, 0) is 12.8 Å². The summed E-state index contributed by atoms with van der Waals surface area (Å²) in [7, 11) is 0. The van der Waals surface area contributed by atoms with Crippen molar-refractivity contribution in [2.45, 2.75) is 129 Å². The Kier molecular flexibility index (Phi) is 13.1. The van der Waals surface area contributed by atoms with Crippen LogP contribution in [0.4, 0.5) is 0 Å². The normalized spacial score (nSPS) is 17.7. The zero-order valence-corrected chi connectivity index (χ0v) is 22.8. The predicted octanol–water partition coefficient (Wildman–Crippen LogP) is 10.4. The van der Waals surface area contributed by atoms with Crippen LogP contribution in [-0.4, -0.2) is 0 Å². The summed E-state index contributed by atoms with van der Waals surface area (Å²) in [5, 5.41) is 0. The minimum atomic E-state index is 0.566. The van der Waals surface area contributed by atoms with Crippen LogP contribution in [0.5, 0.6) is 0 Å². The predicted molar refractivity (Wildman–Crippen MR) is 154 cm³/mol. The van der Waals surface area contributed by atoms with E-state index in [9.17, 15) is 0 Å². The van der Waals surface area contributed by atoms with E-state index in [0.717, 1.165) is 5.92 Å². The van der Waals surface area contributed by atoms with E-state index in [1.54, 1.807) is 5.56 Å². The van der Waals surface area contributed by atoms with Gasteiger partial charge in [-0.1, -0.05) is 120 Å². The van der Waals surface area contributed by atoms with E-state index in [-0.39, 0.29) is 0 Å². The van der Waals surface area contributed by atoms with Gasteiger partial charge in [0.15, 0.2) is 0 Å². The van der Waals surface area contributed by atoms with Crippen LogP contribution in [0, 0.1) is 17.8 Å². The summed E-state index contributed by atoms with van der Waals surface area (Å²) < 4.78 is 0. The van der Waals surface area contributed by atoms with E-state index in [0.29, 0.717) is 5.92 Å². The molecule has 0 aromatic heterocycles. The molecule has 0 heterocycles. The minimum absolute atomic E-state index is 0.566. The highest BCUT2D eigenvalue weighted by molar-refractivity contribution is 5.37. The smallest absolute Gasteiger partial charge is 0.0245 e. The van der Waals surface area contributed by atoms with Gasteiger partial charge in [-0.2, -0.15) is 0 Å². The Labute approximate surface area is 217 Å². The Morgan fingerprint density at radius 2 is 1.06 bits per heavy atom. The molecule has 0 unspecified atom stereocenters. The molecule has 1 aliphatic carbocycles. The molecule has 35 heavy (non-hydrogen) atoms. The molecule has 0 N–H and O–H groups in total. The van der Waals surface area contributed by atoms with Gasteiger partial charge >= 0.3 is 0 Å². The maximum atomic E-state index is 3.60. The highest BCUT2D eigenvalue weighted by Crippen LogP contribution is 2.35. The lowest BCUT2D eigenvalue weighted by Gasteiger charge is -2.26. The van der Waals surface area contributed by atoms with Crippen LogP contribution in [0.25, 0.3) is 0 Å². The van der Waals surface area contributed by atoms with Gasteiger partial charge in [0.1, 0.15) is 0 Å². The fourth-order valence-corrected chi connectivity index (χ4v) is 5.51. The lowest BCUT2D eigenvalue weighted by Crippen LogP contribution is -2.12. The third kappa shape index (κ3) is 10.7. The molecule has 0 bridgehead atoms. The van der Waals surface area contributed by atoms with Crippen LogP contribution in [0.3, 0.4) is 0 Å². The van der Waals surface area contributed by atoms with Gasteiger partial charge in [0, 0.05) is 11.5 Å². The van der Waals surface area contributed by atoms with Gasteiger partial charge in [-0.25, -0.2) is 0 Å². The molecule has 0 atom stereocenters. The summed E-state index contributed by atoms with van der Waals surface area (Å²) in [5.41, 5.74) is 5.72. The van der Waals surface area contributed by atoms with Crippen molar-refractivity contribution in [2.75, 3.05) is 0 Å². The second-order valence-corrected chi connectivity index (χ2v) is 10.9. The zero-order chi connectivity index (χ0) is 24.6. The fraction of sp³-hybridized carbons (Fsp3) is 0.600. The second-order valence-electron chi connectivity index (χ2n) is 10.9. The molecule has 0 heteroatoms. The Bertz CT molecular complexity index is 853. The average Bonchev–Trinajstić information content (AvgIpc) is 2.91. The quantitative estimate of drug-likeness (QED) is 0.190. The van der Waals surface area contributed by atoms with Gasteiger partial charge in [0.25, 0.3) is 0 Å². The third-order valence-electron chi connectivity index (χ3n) is 7.94. The van der Waals surface area contributed by atoms with Crippen LogP contribution in [0.1, 0.15) is 138 Å². The van der Waals surface area contributed by atoms with Crippen LogP contribution >= 0.6 is 0 Å². The first kappa shape index (κ1) is 27.6. The Morgan fingerprint density at radius 3 is 1.60 bits per heavy atom. The first-order chi connectivity index (χ1) is 17.3. The maximum absolute atomic E-state index is 3.60. The molecule has 3 rings (SSSR count). The average molecular weight is 471 g/mol. The molecule has 0 saturated heterocycles. The zero-order valence-electron chi connectivity index (χ0n) is 22.8. The SMILES string of the molecule is CCCCCCCCc1ccc(C#CC2CCC(c3ccc(CCCCCCC)cc3)CC2)cc1. The van der Waals surface area contributed by atoms with Gasteiger partial charge in [-0.3, -0.25) is 0 Å². The Morgan fingerprint density at radius 1 is 0.571 bits per heavy atom. The van der Waals surface area contributed by atoms with Gasteiger partial charge in [-0.05, 0) is 86.1 Å². The van der Waals surface area contributed by atoms with Crippen molar-refractivity contribution in [3.05, 3.63) is 70.8 Å². The monoisotopic (exact) mass is 470 g/mol. The highest BCUT2D eigenvalue weighted by Gasteiger charge is 2.21. The fourth-order valence-electron chi connectivity index (χ4n) is 5.51. The molecular formula is C35H50. The number of hydrogen-bond acceptors (Lipinski definition) is 0. The van der Waals surface area contributed by atoms with Crippen molar-refractivity contribution in [3.8, 4) is 11.8 Å². The first-order valence-corrected chi connectivity index (χ1v) is 15.0. The van der Waals surface area contributed by atoms with Crippen molar-refractivity contribution >= 4 is 0 Å². The topological polar surface area (TPSA) is 0 Å². The molecule has 190 valence electrons. The molecule has 0 spiro atoms. The molecule has 1 saturated carbocycles. The van der Waals surface area contributed by atoms with Gasteiger partial charge in [0.2, 0.25) is 0 Å². The molecule has 0 amide bonds. The van der Waals surface area contributed by atoms with Gasteiger partial charge in [-0.15, -0.1) is 0 Å². The minimum Gasteiger partial charge on any atom is -0.0945 e. The van der Waals surface area contributed by atoms with Crippen LogP contribution in [0.2, 0.25) is 0 Å². The van der Waals surface area contributed by atoms with E-state index in [4.69, 9.17) is 0 Å². The number of hydrogen-bond donors (Lipinski definition) is 0. The summed E-state index contributed by atoms with van der Waals surface area (Å²) in [6.07, 6.45) is 22.5. The lowest BCUT2D eigenvalue weighted by molar-refractivity contribution is 0.384. The van der Waals surface area contributed by atoms with Gasteiger partial charge < -0.3 is 0 Å². The van der Waals surface area contributed by atoms with E-state index in [2.05, 4.69) is 74.2 Å². The van der Waals surface area contributed by atoms with E-state index >= 15 is 0 Å². The summed E-state index contributed by atoms with van der Waals surface area (Å²) in [6.45, 7) is 4.57. The van der Waals surface area contributed by atoms with E-state index in [1.165, 1.54) is 126 Å². The second kappa shape index (κ2) is 16.6. The van der Waals surface area contributed by atoms with Crippen molar-refractivity contribution in [1.82, 2.24) is 0 Å². The van der Waals surface area contributed by atoms with Gasteiger partial charge in [0.05, 0.1) is 0 Å². The molecular weight excluding hydrogens is 420 g/mol. The number of benzene rings is 2. The molecule has 2 aromatic rings. The number of unbranched alkanes of at least 4 members (excludes halogenated alkanes) is 9. The molecule has 0 aliphatic heterocycles. The molecule has 2 aromatic carbocycles. The lowest BCUT2D eigenvalue weighted by atomic mass is 9.78. The largest absolute Gasteiger partial charge is 0.0945 e. The first-order valence-electron chi connectivity index (χ1n) is 15.0. The Balaban J connectivity index is 1.36. The number of rotatable bonds is 14. The molecule has 1 aliphatic rings. The molecule has 0 nitrogen and oxygen atoms in total. The van der Waals surface area contributed by atoms with E-state index in [1.807, 2.05) is 0 Å².